The lowest BCUT2D eigenvalue weighted by Gasteiger charge is -2.19. The average Bonchev–Trinajstić information content (AvgIpc) is 3.29. The maximum absolute atomic E-state index is 13.1. The van der Waals surface area contributed by atoms with Gasteiger partial charge in [-0.05, 0) is 18.2 Å². The second-order valence-corrected chi connectivity index (χ2v) is 8.46. The largest absolute Gasteiger partial charge is 0.507 e. The van der Waals surface area contributed by atoms with E-state index < -0.39 is 24.1 Å². The Morgan fingerprint density at radius 1 is 0.941 bits per heavy atom. The molecule has 1 aliphatic rings. The van der Waals surface area contributed by atoms with Crippen LogP contribution in [0, 0.1) is 11.3 Å². The van der Waals surface area contributed by atoms with Crippen LogP contribution in [0.25, 0.3) is 15.8 Å². The van der Waals surface area contributed by atoms with Gasteiger partial charge in [0.05, 0.1) is 15.8 Å². The quantitative estimate of drug-likeness (QED) is 0.231. The maximum atomic E-state index is 13.1. The number of hydrogen-bond donors (Lipinski definition) is 1. The average molecular weight is 466 g/mol. The van der Waals surface area contributed by atoms with Crippen molar-refractivity contribution in [3.8, 4) is 6.07 Å². The van der Waals surface area contributed by atoms with Crippen LogP contribution in [-0.4, -0.2) is 34.2 Å². The van der Waals surface area contributed by atoms with Crippen LogP contribution in [0.2, 0.25) is 0 Å². The zero-order valence-corrected chi connectivity index (χ0v) is 18.3. The van der Waals surface area contributed by atoms with Crippen molar-refractivity contribution in [1.29, 1.82) is 5.26 Å². The lowest BCUT2D eigenvalue weighted by Crippen LogP contribution is -2.24. The molecule has 34 heavy (non-hydrogen) atoms. The zero-order chi connectivity index (χ0) is 23.8. The van der Waals surface area contributed by atoms with Crippen molar-refractivity contribution in [2.45, 2.75) is 0 Å². The number of nitriles is 1. The molecule has 1 aliphatic carbocycles. The molecule has 0 atom stereocenters. The van der Waals surface area contributed by atoms with Gasteiger partial charge in [-0.3, -0.25) is 9.59 Å². The molecule has 1 heterocycles. The van der Waals surface area contributed by atoms with Gasteiger partial charge < -0.3 is 9.84 Å². The number of aromatic nitrogens is 1. The van der Waals surface area contributed by atoms with E-state index in [2.05, 4.69) is 4.98 Å². The van der Waals surface area contributed by atoms with E-state index >= 15 is 0 Å². The fourth-order valence-electron chi connectivity index (χ4n) is 3.81. The highest BCUT2D eigenvalue weighted by molar-refractivity contribution is 7.19. The molecule has 0 unspecified atom stereocenters. The topological polar surface area (TPSA) is 117 Å². The predicted molar refractivity (Wildman–Crippen MR) is 125 cm³/mol. The molecule has 7 nitrogen and oxygen atoms in total. The number of thiazole rings is 1. The Hall–Kier alpha value is -4.61. The first-order valence-electron chi connectivity index (χ1n) is 10.2. The van der Waals surface area contributed by atoms with Crippen molar-refractivity contribution >= 4 is 44.7 Å². The normalized spacial score (nSPS) is 13.0. The summed E-state index contributed by atoms with van der Waals surface area (Å²) >= 11 is 1.23. The molecule has 0 radical (unpaired) electrons. The second-order valence-electron chi connectivity index (χ2n) is 7.43. The molecule has 0 saturated carbocycles. The molecule has 0 bridgehead atoms. The molecule has 8 heteroatoms. The van der Waals surface area contributed by atoms with Crippen molar-refractivity contribution in [2.75, 3.05) is 6.61 Å². The van der Waals surface area contributed by atoms with E-state index in [-0.39, 0.29) is 39.2 Å². The van der Waals surface area contributed by atoms with E-state index in [1.54, 1.807) is 24.3 Å². The lowest BCUT2D eigenvalue weighted by molar-refractivity contribution is 0.0500. The molecular formula is C26H14N2O5S. The number of aliphatic hydroxyl groups excluding tert-OH is 1. The Bertz CT molecular complexity index is 1560. The van der Waals surface area contributed by atoms with Crippen LogP contribution < -0.4 is 0 Å². The molecule has 0 amide bonds. The van der Waals surface area contributed by atoms with Crippen LogP contribution in [0.4, 0.5) is 0 Å². The summed E-state index contributed by atoms with van der Waals surface area (Å²) in [7, 11) is 0. The van der Waals surface area contributed by atoms with Crippen molar-refractivity contribution in [2.24, 2.45) is 0 Å². The number of allylic oxidation sites excluding steroid dienone is 1. The first-order chi connectivity index (χ1) is 16.5. The summed E-state index contributed by atoms with van der Waals surface area (Å²) < 4.78 is 6.06. The standard InChI is InChI=1S/C26H14N2O5S/c27-12-18(25-28-19-10-3-4-11-21(19)34-25)20(29)13-33-26(32)17-9-5-8-16-22(17)24(31)15-7-2-1-6-14(15)23(16)30/h1-11,29H,13H2/b20-18-. The SMILES string of the molecule is N#C/C(=C(/O)COC(=O)c1cccc2c1C(=O)c1ccccc1C2=O)c1nc2ccccc2s1. The number of esters is 1. The molecule has 0 fully saturated rings. The van der Waals surface area contributed by atoms with Crippen molar-refractivity contribution < 1.29 is 24.2 Å². The van der Waals surface area contributed by atoms with Gasteiger partial charge >= 0.3 is 5.97 Å². The van der Waals surface area contributed by atoms with E-state index in [0.717, 1.165) is 4.70 Å². The minimum absolute atomic E-state index is 0.0358. The van der Waals surface area contributed by atoms with Crippen LogP contribution in [0.5, 0.6) is 0 Å². The van der Waals surface area contributed by atoms with Gasteiger partial charge in [-0.25, -0.2) is 9.78 Å². The van der Waals surface area contributed by atoms with Crippen molar-refractivity contribution in [1.82, 2.24) is 4.98 Å². The first-order valence-corrected chi connectivity index (χ1v) is 11.0. The number of ether oxygens (including phenoxy) is 1. The van der Waals surface area contributed by atoms with Crippen LogP contribution in [0.3, 0.4) is 0 Å². The minimum Gasteiger partial charge on any atom is -0.507 e. The lowest BCUT2D eigenvalue weighted by atomic mass is 9.82. The molecule has 1 aromatic heterocycles. The number of hydrogen-bond acceptors (Lipinski definition) is 8. The van der Waals surface area contributed by atoms with Gasteiger partial charge in [0.1, 0.15) is 23.3 Å². The Morgan fingerprint density at radius 3 is 2.35 bits per heavy atom. The molecule has 164 valence electrons. The Balaban J connectivity index is 1.44. The minimum atomic E-state index is -0.898. The molecule has 3 aromatic carbocycles. The van der Waals surface area contributed by atoms with Crippen LogP contribution in [0.15, 0.2) is 72.5 Å². The number of benzene rings is 3. The van der Waals surface area contributed by atoms with E-state index in [1.165, 1.54) is 35.6 Å². The number of carbonyl (C=O) groups is 3. The number of para-hydroxylation sites is 1. The van der Waals surface area contributed by atoms with Gasteiger partial charge in [0, 0.05) is 22.3 Å². The third-order valence-corrected chi connectivity index (χ3v) is 6.47. The number of nitrogens with zero attached hydrogens (tertiary/aromatic N) is 2. The Morgan fingerprint density at radius 2 is 1.62 bits per heavy atom. The van der Waals surface area contributed by atoms with E-state index in [9.17, 15) is 24.8 Å². The van der Waals surface area contributed by atoms with Crippen LogP contribution >= 0.6 is 11.3 Å². The van der Waals surface area contributed by atoms with Crippen LogP contribution in [-0.2, 0) is 4.74 Å². The molecule has 4 aromatic rings. The molecule has 5 rings (SSSR count). The van der Waals surface area contributed by atoms with Gasteiger partial charge in [-0.15, -0.1) is 11.3 Å². The van der Waals surface area contributed by atoms with Crippen molar-refractivity contribution in [3.05, 3.63) is 105 Å². The molecule has 0 aliphatic heterocycles. The summed E-state index contributed by atoms with van der Waals surface area (Å²) in [5, 5.41) is 20.3. The van der Waals surface area contributed by atoms with Gasteiger partial charge in [0.25, 0.3) is 0 Å². The molecule has 0 spiro atoms. The smallest absolute Gasteiger partial charge is 0.339 e. The van der Waals surface area contributed by atoms with E-state index in [4.69, 9.17) is 4.74 Å². The summed E-state index contributed by atoms with van der Waals surface area (Å²) in [6.07, 6.45) is 0. The third-order valence-electron chi connectivity index (χ3n) is 5.42. The summed E-state index contributed by atoms with van der Waals surface area (Å²) in [4.78, 5) is 43.1. The summed E-state index contributed by atoms with van der Waals surface area (Å²) in [5.74, 6) is -2.17. The Kier molecular flexibility index (Phi) is 5.24. The third kappa shape index (κ3) is 3.45. The summed E-state index contributed by atoms with van der Waals surface area (Å²) in [6, 6.07) is 20.0. The van der Waals surface area contributed by atoms with Gasteiger partial charge in [-0.1, -0.05) is 48.5 Å². The highest BCUT2D eigenvalue weighted by Crippen LogP contribution is 2.31. The van der Waals surface area contributed by atoms with Gasteiger partial charge in [0.15, 0.2) is 17.3 Å². The molecular weight excluding hydrogens is 452 g/mol. The number of carbonyl (C=O) groups excluding carboxylic acids is 3. The highest BCUT2D eigenvalue weighted by Gasteiger charge is 2.33. The van der Waals surface area contributed by atoms with Crippen molar-refractivity contribution in [3.63, 3.8) is 0 Å². The second kappa shape index (κ2) is 8.39. The molecule has 0 saturated heterocycles. The Labute approximate surface area is 197 Å². The number of ketones is 2. The van der Waals surface area contributed by atoms with E-state index in [1.807, 2.05) is 24.3 Å². The zero-order valence-electron chi connectivity index (χ0n) is 17.4. The fourth-order valence-corrected chi connectivity index (χ4v) is 4.80. The molecule has 1 N–H and O–H groups in total. The fraction of sp³-hybridized carbons (Fsp3) is 0.0385. The van der Waals surface area contributed by atoms with Gasteiger partial charge in [0.2, 0.25) is 0 Å². The van der Waals surface area contributed by atoms with E-state index in [0.29, 0.717) is 10.5 Å². The monoisotopic (exact) mass is 466 g/mol. The summed E-state index contributed by atoms with van der Waals surface area (Å²) in [6.45, 7) is -0.597. The van der Waals surface area contributed by atoms with Crippen LogP contribution in [0.1, 0.15) is 47.2 Å². The summed E-state index contributed by atoms with van der Waals surface area (Å²) in [5.41, 5.74) is 1.06. The number of rotatable bonds is 4. The predicted octanol–water partition coefficient (Wildman–Crippen LogP) is 4.72. The van der Waals surface area contributed by atoms with Gasteiger partial charge in [-0.2, -0.15) is 5.26 Å². The number of fused-ring (bicyclic) bond motifs is 3. The highest BCUT2D eigenvalue weighted by atomic mass is 32.1. The first kappa shape index (κ1) is 21.2. The maximum Gasteiger partial charge on any atom is 0.339 e. The number of aliphatic hydroxyl groups is 1.